The summed E-state index contributed by atoms with van der Waals surface area (Å²) in [5.41, 5.74) is 0.427. The van der Waals surface area contributed by atoms with Gasteiger partial charge in [-0.15, -0.1) is 11.3 Å². The maximum atomic E-state index is 13.9. The summed E-state index contributed by atoms with van der Waals surface area (Å²) in [4.78, 5) is 40.8. The lowest BCUT2D eigenvalue weighted by Gasteiger charge is -2.44. The van der Waals surface area contributed by atoms with Crippen LogP contribution >= 0.6 is 11.3 Å². The summed E-state index contributed by atoms with van der Waals surface area (Å²) in [6, 6.07) is 1.84. The molecular weight excluding hydrogens is 450 g/mol. The molecular formula is C27H37NO5S. The van der Waals surface area contributed by atoms with Crippen molar-refractivity contribution in [2.45, 2.75) is 79.2 Å². The second kappa shape index (κ2) is 10.9. The van der Waals surface area contributed by atoms with Gasteiger partial charge >= 0.3 is 11.9 Å². The van der Waals surface area contributed by atoms with Crippen LogP contribution in [0, 0.1) is 35.0 Å². The topological polar surface area (TPSA) is 72.9 Å². The molecule has 0 saturated heterocycles. The van der Waals surface area contributed by atoms with Crippen molar-refractivity contribution >= 4 is 34.9 Å². The zero-order chi connectivity index (χ0) is 25.0. The van der Waals surface area contributed by atoms with Gasteiger partial charge in [0.15, 0.2) is 0 Å². The number of anilines is 1. The molecule has 1 aromatic rings. The first kappa shape index (κ1) is 26.3. The van der Waals surface area contributed by atoms with Crippen LogP contribution in [0.5, 0.6) is 0 Å². The number of methoxy groups -OCH3 is 1. The van der Waals surface area contributed by atoms with Crippen LogP contribution in [-0.4, -0.2) is 37.6 Å². The van der Waals surface area contributed by atoms with Crippen molar-refractivity contribution in [1.82, 2.24) is 0 Å². The molecule has 0 atom stereocenters. The van der Waals surface area contributed by atoms with E-state index in [0.717, 1.165) is 43.4 Å². The third-order valence-electron chi connectivity index (χ3n) is 6.60. The summed E-state index contributed by atoms with van der Waals surface area (Å²) < 4.78 is 10.3. The van der Waals surface area contributed by atoms with Crippen molar-refractivity contribution in [2.24, 2.45) is 23.2 Å². The molecule has 7 heteroatoms. The summed E-state index contributed by atoms with van der Waals surface area (Å²) >= 11 is 1.28. The first-order valence-electron chi connectivity index (χ1n) is 12.2. The Morgan fingerprint density at radius 3 is 2.35 bits per heavy atom. The molecule has 34 heavy (non-hydrogen) atoms. The number of thiophene rings is 1. The smallest absolute Gasteiger partial charge is 0.350 e. The van der Waals surface area contributed by atoms with Crippen LogP contribution in [0.4, 0.5) is 5.69 Å². The molecule has 2 fully saturated rings. The Balaban J connectivity index is 1.94. The number of hydrogen-bond acceptors (Lipinski definition) is 6. The maximum Gasteiger partial charge on any atom is 0.350 e. The number of carbonyl (C=O) groups excluding carboxylic acids is 3. The van der Waals surface area contributed by atoms with Crippen molar-refractivity contribution in [3.63, 3.8) is 0 Å². The predicted molar refractivity (Wildman–Crippen MR) is 134 cm³/mol. The molecule has 1 aromatic heterocycles. The van der Waals surface area contributed by atoms with Gasteiger partial charge in [0, 0.05) is 24.3 Å². The van der Waals surface area contributed by atoms with Crippen LogP contribution in [0.15, 0.2) is 6.07 Å². The molecule has 0 bridgehead atoms. The number of esters is 2. The number of hydrogen-bond donors (Lipinski definition) is 0. The van der Waals surface area contributed by atoms with E-state index in [1.165, 1.54) is 25.4 Å². The largest absolute Gasteiger partial charge is 0.466 e. The van der Waals surface area contributed by atoms with Crippen LogP contribution < -0.4 is 4.90 Å². The van der Waals surface area contributed by atoms with Gasteiger partial charge in [-0.05, 0) is 77.2 Å². The van der Waals surface area contributed by atoms with E-state index in [0.29, 0.717) is 23.1 Å². The van der Waals surface area contributed by atoms with E-state index in [9.17, 15) is 14.4 Å². The van der Waals surface area contributed by atoms with E-state index in [-0.39, 0.29) is 35.2 Å². The van der Waals surface area contributed by atoms with Crippen LogP contribution in [0.1, 0.15) is 87.7 Å². The zero-order valence-corrected chi connectivity index (χ0v) is 22.0. The molecule has 1 heterocycles. The van der Waals surface area contributed by atoms with Crippen molar-refractivity contribution in [2.75, 3.05) is 18.6 Å². The molecule has 0 unspecified atom stereocenters. The van der Waals surface area contributed by atoms with E-state index in [1.807, 2.05) is 31.7 Å². The quantitative estimate of drug-likeness (QED) is 0.395. The molecule has 2 aliphatic rings. The number of nitrogens with zero attached hydrogens (tertiary/aromatic N) is 1. The van der Waals surface area contributed by atoms with Gasteiger partial charge < -0.3 is 14.4 Å². The highest BCUT2D eigenvalue weighted by Gasteiger charge is 2.42. The highest BCUT2D eigenvalue weighted by Crippen LogP contribution is 2.42. The molecule has 0 spiro atoms. The van der Waals surface area contributed by atoms with Crippen LogP contribution in [0.3, 0.4) is 0 Å². The minimum absolute atomic E-state index is 0.0335. The fraction of sp³-hybridized carbons (Fsp3) is 0.667. The van der Waals surface area contributed by atoms with E-state index in [1.54, 1.807) is 0 Å². The summed E-state index contributed by atoms with van der Waals surface area (Å²) in [5, 5.41) is 0. The fourth-order valence-electron chi connectivity index (χ4n) is 4.59. The second-order valence-corrected chi connectivity index (χ2v) is 11.8. The Morgan fingerprint density at radius 1 is 1.15 bits per heavy atom. The monoisotopic (exact) mass is 487 g/mol. The molecule has 0 aromatic carbocycles. The molecule has 0 radical (unpaired) electrons. The van der Waals surface area contributed by atoms with Crippen molar-refractivity contribution in [1.29, 1.82) is 0 Å². The highest BCUT2D eigenvalue weighted by atomic mass is 32.1. The van der Waals surface area contributed by atoms with Crippen LogP contribution in [-0.2, 0) is 19.1 Å². The van der Waals surface area contributed by atoms with Gasteiger partial charge in [0.25, 0.3) is 0 Å². The minimum Gasteiger partial charge on any atom is -0.466 e. The third kappa shape index (κ3) is 6.63. The summed E-state index contributed by atoms with van der Waals surface area (Å²) in [6.07, 6.45) is 5.30. The number of rotatable bonds is 6. The van der Waals surface area contributed by atoms with E-state index >= 15 is 0 Å². The maximum absolute atomic E-state index is 13.9. The van der Waals surface area contributed by atoms with Gasteiger partial charge in [-0.1, -0.05) is 18.8 Å². The zero-order valence-electron chi connectivity index (χ0n) is 21.2. The fourth-order valence-corrected chi connectivity index (χ4v) is 5.51. The first-order chi connectivity index (χ1) is 16.0. The summed E-state index contributed by atoms with van der Waals surface area (Å²) in [7, 11) is 1.36. The van der Waals surface area contributed by atoms with Crippen LogP contribution in [0.2, 0.25) is 0 Å². The minimum atomic E-state index is -0.449. The SMILES string of the molecule is COC(=O)c1sc(C#CC(C)(C)C)cc1N(C(=O)[C@H]1CC[C@@H](C)CC1)C1CC(COC(C)=O)C1. The van der Waals surface area contributed by atoms with Crippen molar-refractivity contribution < 1.29 is 23.9 Å². The average Bonchev–Trinajstić information content (AvgIpc) is 3.16. The number of carbonyl (C=O) groups is 3. The standard InChI is InChI=1S/C27H37NO5S/c1-17-7-9-20(10-8-17)25(30)28(21-13-19(14-21)16-33-18(2)29)23-15-22(11-12-27(3,4)5)34-24(23)26(31)32-6/h15,17,19-21H,7-10,13-14,16H2,1-6H3/t17-,19?,20+,21?. The molecule has 0 aliphatic heterocycles. The van der Waals surface area contributed by atoms with Crippen molar-refractivity contribution in [3.8, 4) is 11.8 Å². The Kier molecular flexibility index (Phi) is 8.46. The Morgan fingerprint density at radius 2 is 1.79 bits per heavy atom. The lowest BCUT2D eigenvalue weighted by Crippen LogP contribution is -2.51. The molecule has 1 amide bonds. The van der Waals surface area contributed by atoms with Gasteiger partial charge in [0.05, 0.1) is 24.3 Å². The lowest BCUT2D eigenvalue weighted by molar-refractivity contribution is -0.143. The second-order valence-electron chi connectivity index (χ2n) is 10.8. The number of ether oxygens (including phenoxy) is 2. The summed E-state index contributed by atoms with van der Waals surface area (Å²) in [5.74, 6) is 6.56. The molecule has 2 saturated carbocycles. The first-order valence-corrected chi connectivity index (χ1v) is 13.0. The molecule has 186 valence electrons. The van der Waals surface area contributed by atoms with Gasteiger partial charge in [0.1, 0.15) is 4.88 Å². The Bertz CT molecular complexity index is 965. The normalized spacial score (nSPS) is 24.3. The predicted octanol–water partition coefficient (Wildman–Crippen LogP) is 5.43. The van der Waals surface area contributed by atoms with E-state index in [4.69, 9.17) is 9.47 Å². The molecule has 0 N–H and O–H groups in total. The average molecular weight is 488 g/mol. The van der Waals surface area contributed by atoms with Crippen LogP contribution in [0.25, 0.3) is 0 Å². The van der Waals surface area contributed by atoms with E-state index < -0.39 is 5.97 Å². The Labute approximate surface area is 207 Å². The highest BCUT2D eigenvalue weighted by molar-refractivity contribution is 7.15. The molecule has 6 nitrogen and oxygen atoms in total. The van der Waals surface area contributed by atoms with E-state index in [2.05, 4.69) is 18.8 Å². The van der Waals surface area contributed by atoms with Gasteiger partial charge in [0.2, 0.25) is 5.91 Å². The van der Waals surface area contributed by atoms with Gasteiger partial charge in [-0.2, -0.15) is 0 Å². The lowest BCUT2D eigenvalue weighted by atomic mass is 9.77. The Hall–Kier alpha value is -2.33. The van der Waals surface area contributed by atoms with Crippen molar-refractivity contribution in [3.05, 3.63) is 15.8 Å². The summed E-state index contributed by atoms with van der Waals surface area (Å²) in [6.45, 7) is 10.1. The van der Waals surface area contributed by atoms with Gasteiger partial charge in [-0.3, -0.25) is 9.59 Å². The molecule has 3 rings (SSSR count). The van der Waals surface area contributed by atoms with Gasteiger partial charge in [-0.25, -0.2) is 4.79 Å². The third-order valence-corrected chi connectivity index (χ3v) is 7.62. The molecule has 2 aliphatic carbocycles. The number of amides is 1.